The summed E-state index contributed by atoms with van der Waals surface area (Å²) in [6, 6.07) is 15.9. The highest BCUT2D eigenvalue weighted by molar-refractivity contribution is 7.16. The molecule has 28 heavy (non-hydrogen) atoms. The van der Waals surface area contributed by atoms with E-state index in [1.807, 2.05) is 49.5 Å². The number of para-hydroxylation sites is 1. The van der Waals surface area contributed by atoms with Gasteiger partial charge in [0.25, 0.3) is 0 Å². The van der Waals surface area contributed by atoms with Gasteiger partial charge in [0, 0.05) is 35.5 Å². The Kier molecular flexibility index (Phi) is 7.50. The average Bonchev–Trinajstić information content (AvgIpc) is 3.33. The minimum absolute atomic E-state index is 0.0796. The van der Waals surface area contributed by atoms with Crippen LogP contribution in [-0.2, 0) is 24.4 Å². The van der Waals surface area contributed by atoms with Gasteiger partial charge in [0.05, 0.1) is 24.5 Å². The summed E-state index contributed by atoms with van der Waals surface area (Å²) in [4.78, 5) is 19.1. The van der Waals surface area contributed by atoms with Gasteiger partial charge in [0.1, 0.15) is 5.75 Å². The summed E-state index contributed by atoms with van der Waals surface area (Å²) in [7, 11) is 3.51. The summed E-state index contributed by atoms with van der Waals surface area (Å²) in [5, 5.41) is 2.06. The number of hydrogen-bond donors (Lipinski definition) is 0. The Morgan fingerprint density at radius 2 is 1.86 bits per heavy atom. The van der Waals surface area contributed by atoms with Crippen molar-refractivity contribution < 1.29 is 9.53 Å². The van der Waals surface area contributed by atoms with Gasteiger partial charge in [0.2, 0.25) is 5.91 Å². The second kappa shape index (κ2) is 10.1. The number of hydrogen-bond acceptors (Lipinski definition) is 5. The predicted octanol–water partition coefficient (Wildman–Crippen LogP) is 5.13. The molecule has 3 rings (SSSR count). The van der Waals surface area contributed by atoms with Crippen LogP contribution in [0.25, 0.3) is 0 Å². The van der Waals surface area contributed by atoms with Gasteiger partial charge in [-0.1, -0.05) is 35.9 Å². The molecular formula is C21H23ClN2O2S2. The van der Waals surface area contributed by atoms with Gasteiger partial charge in [0.15, 0.2) is 0 Å². The summed E-state index contributed by atoms with van der Waals surface area (Å²) < 4.78 is 6.23. The average molecular weight is 435 g/mol. The van der Waals surface area contributed by atoms with E-state index >= 15 is 0 Å². The Morgan fingerprint density at radius 3 is 2.54 bits per heavy atom. The molecule has 0 aliphatic heterocycles. The lowest BCUT2D eigenvalue weighted by atomic mass is 10.2. The minimum atomic E-state index is 0.0796. The van der Waals surface area contributed by atoms with Crippen molar-refractivity contribution >= 4 is 40.2 Å². The van der Waals surface area contributed by atoms with E-state index in [1.54, 1.807) is 23.3 Å². The van der Waals surface area contributed by atoms with Gasteiger partial charge in [-0.3, -0.25) is 9.69 Å². The molecule has 0 saturated heterocycles. The number of thiophene rings is 2. The number of halogens is 1. The standard InChI is InChI=1S/C21H23ClN2O2S2/c1-23(13-18-9-10-20(22)28-18)21(25)15-24(14-17-7-5-11-27-17)12-16-6-3-4-8-19(16)26-2/h3-11H,12-15H2,1-2H3. The lowest BCUT2D eigenvalue weighted by molar-refractivity contribution is -0.131. The molecule has 0 aliphatic rings. The van der Waals surface area contributed by atoms with E-state index in [1.165, 1.54) is 16.2 Å². The molecule has 2 aromatic heterocycles. The van der Waals surface area contributed by atoms with Crippen LogP contribution in [0.2, 0.25) is 4.34 Å². The zero-order chi connectivity index (χ0) is 19.9. The molecule has 0 atom stereocenters. The van der Waals surface area contributed by atoms with E-state index in [4.69, 9.17) is 16.3 Å². The molecule has 0 spiro atoms. The van der Waals surface area contributed by atoms with Gasteiger partial charge in [-0.25, -0.2) is 0 Å². The van der Waals surface area contributed by atoms with Crippen LogP contribution in [0.3, 0.4) is 0 Å². The van der Waals surface area contributed by atoms with Crippen LogP contribution in [0.4, 0.5) is 0 Å². The molecule has 2 heterocycles. The van der Waals surface area contributed by atoms with E-state index in [0.717, 1.165) is 27.1 Å². The highest BCUT2D eigenvalue weighted by Crippen LogP contribution is 2.23. The second-order valence-corrected chi connectivity index (χ2v) is 9.32. The first-order valence-electron chi connectivity index (χ1n) is 8.90. The Labute approximate surface area is 178 Å². The SMILES string of the molecule is COc1ccccc1CN(CC(=O)N(C)Cc1ccc(Cl)s1)Cc1cccs1. The monoisotopic (exact) mass is 434 g/mol. The number of amides is 1. The fourth-order valence-electron chi connectivity index (χ4n) is 2.94. The van der Waals surface area contributed by atoms with Crippen molar-refractivity contribution in [1.82, 2.24) is 9.80 Å². The lowest BCUT2D eigenvalue weighted by Gasteiger charge is -2.25. The number of benzene rings is 1. The lowest BCUT2D eigenvalue weighted by Crippen LogP contribution is -2.37. The summed E-state index contributed by atoms with van der Waals surface area (Å²) in [5.41, 5.74) is 1.07. The smallest absolute Gasteiger partial charge is 0.236 e. The molecule has 0 radical (unpaired) electrons. The highest BCUT2D eigenvalue weighted by atomic mass is 35.5. The molecular weight excluding hydrogens is 412 g/mol. The van der Waals surface area contributed by atoms with Gasteiger partial charge in [-0.2, -0.15) is 0 Å². The van der Waals surface area contributed by atoms with Crippen LogP contribution in [0, 0.1) is 0 Å². The first-order valence-corrected chi connectivity index (χ1v) is 11.0. The maximum atomic E-state index is 12.9. The van der Waals surface area contributed by atoms with E-state index in [-0.39, 0.29) is 5.91 Å². The number of ether oxygens (including phenoxy) is 1. The van der Waals surface area contributed by atoms with Crippen LogP contribution in [-0.4, -0.2) is 36.4 Å². The molecule has 1 aromatic carbocycles. The number of carbonyl (C=O) groups is 1. The van der Waals surface area contributed by atoms with Crippen LogP contribution in [0.5, 0.6) is 5.75 Å². The topological polar surface area (TPSA) is 32.8 Å². The van der Waals surface area contributed by atoms with Crippen molar-refractivity contribution in [2.45, 2.75) is 19.6 Å². The number of methoxy groups -OCH3 is 1. The Morgan fingerprint density at radius 1 is 1.04 bits per heavy atom. The zero-order valence-corrected chi connectivity index (χ0v) is 18.3. The normalized spacial score (nSPS) is 11.0. The minimum Gasteiger partial charge on any atom is -0.496 e. The third-order valence-corrected chi connectivity index (χ3v) is 6.43. The van der Waals surface area contributed by atoms with Crippen molar-refractivity contribution in [2.75, 3.05) is 20.7 Å². The molecule has 148 valence electrons. The molecule has 0 bridgehead atoms. The zero-order valence-electron chi connectivity index (χ0n) is 15.9. The molecule has 4 nitrogen and oxygen atoms in total. The Bertz CT molecular complexity index is 895. The molecule has 0 unspecified atom stereocenters. The molecule has 0 aliphatic carbocycles. The third-order valence-electron chi connectivity index (χ3n) is 4.35. The van der Waals surface area contributed by atoms with Crippen molar-refractivity contribution in [3.63, 3.8) is 0 Å². The number of carbonyl (C=O) groups excluding carboxylic acids is 1. The summed E-state index contributed by atoms with van der Waals surface area (Å²) in [6.45, 7) is 2.27. The number of rotatable bonds is 9. The Hall–Kier alpha value is -1.86. The van der Waals surface area contributed by atoms with Crippen molar-refractivity contribution in [1.29, 1.82) is 0 Å². The maximum absolute atomic E-state index is 12.9. The van der Waals surface area contributed by atoms with E-state index < -0.39 is 0 Å². The molecule has 3 aromatic rings. The highest BCUT2D eigenvalue weighted by Gasteiger charge is 2.18. The van der Waals surface area contributed by atoms with Gasteiger partial charge >= 0.3 is 0 Å². The fourth-order valence-corrected chi connectivity index (χ4v) is 4.82. The van der Waals surface area contributed by atoms with E-state index in [9.17, 15) is 4.79 Å². The van der Waals surface area contributed by atoms with Gasteiger partial charge in [-0.05, 0) is 29.6 Å². The summed E-state index contributed by atoms with van der Waals surface area (Å²) in [5.74, 6) is 0.920. The molecule has 0 fully saturated rings. The quantitative estimate of drug-likeness (QED) is 0.468. The molecule has 0 N–H and O–H groups in total. The first-order chi connectivity index (χ1) is 13.5. The van der Waals surface area contributed by atoms with Gasteiger partial charge < -0.3 is 9.64 Å². The summed E-state index contributed by atoms with van der Waals surface area (Å²) >= 11 is 9.21. The maximum Gasteiger partial charge on any atom is 0.236 e. The van der Waals surface area contributed by atoms with Crippen LogP contribution >= 0.6 is 34.3 Å². The second-order valence-electron chi connectivity index (χ2n) is 6.49. The number of nitrogens with zero attached hydrogens (tertiary/aromatic N) is 2. The molecule has 7 heteroatoms. The first kappa shape index (κ1) is 20.9. The fraction of sp³-hybridized carbons (Fsp3) is 0.286. The van der Waals surface area contributed by atoms with Crippen molar-refractivity contribution in [3.05, 3.63) is 73.6 Å². The Balaban J connectivity index is 1.69. The third kappa shape index (κ3) is 5.82. The van der Waals surface area contributed by atoms with E-state index in [0.29, 0.717) is 19.6 Å². The molecule has 0 saturated carbocycles. The molecule has 1 amide bonds. The van der Waals surface area contributed by atoms with Crippen LogP contribution < -0.4 is 4.74 Å². The van der Waals surface area contributed by atoms with Crippen LogP contribution in [0.1, 0.15) is 15.3 Å². The van der Waals surface area contributed by atoms with Crippen molar-refractivity contribution in [2.24, 2.45) is 0 Å². The van der Waals surface area contributed by atoms with E-state index in [2.05, 4.69) is 16.3 Å². The number of likely N-dealkylation sites (N-methyl/N-ethyl adjacent to an activating group) is 1. The predicted molar refractivity (Wildman–Crippen MR) is 117 cm³/mol. The van der Waals surface area contributed by atoms with Crippen LogP contribution in [0.15, 0.2) is 53.9 Å². The van der Waals surface area contributed by atoms with Crippen molar-refractivity contribution in [3.8, 4) is 5.75 Å². The van der Waals surface area contributed by atoms with Gasteiger partial charge in [-0.15, -0.1) is 22.7 Å². The largest absolute Gasteiger partial charge is 0.496 e. The summed E-state index contributed by atoms with van der Waals surface area (Å²) in [6.07, 6.45) is 0.